The number of amides is 2. The number of anilines is 4. The van der Waals surface area contributed by atoms with Crippen LogP contribution in [0.15, 0.2) is 72.8 Å². The molecule has 0 fully saturated rings. The fraction of sp³-hybridized carbons (Fsp3) is 0.0909. The number of carbonyl (C=O) groups is 2. The summed E-state index contributed by atoms with van der Waals surface area (Å²) in [5, 5.41) is 5.60. The molecule has 29 heavy (non-hydrogen) atoms. The highest BCUT2D eigenvalue weighted by Crippen LogP contribution is 2.28. The van der Waals surface area contributed by atoms with Gasteiger partial charge in [-0.1, -0.05) is 24.3 Å². The number of nitrogens with one attached hydrogen (secondary N) is 4. The van der Waals surface area contributed by atoms with Crippen LogP contribution in [0.5, 0.6) is 5.75 Å². The normalized spacial score (nSPS) is 10.0. The minimum absolute atomic E-state index is 0.157. The summed E-state index contributed by atoms with van der Waals surface area (Å²) in [5.41, 5.74) is 9.42. The molecule has 0 saturated heterocycles. The van der Waals surface area contributed by atoms with Gasteiger partial charge in [0.15, 0.2) is 0 Å². The average molecular weight is 390 g/mol. The second kappa shape index (κ2) is 9.27. The van der Waals surface area contributed by atoms with E-state index in [2.05, 4.69) is 21.5 Å². The molecular formula is C22H22N4O3. The zero-order valence-corrected chi connectivity index (χ0v) is 16.2. The fourth-order valence-corrected chi connectivity index (χ4v) is 2.69. The van der Waals surface area contributed by atoms with Gasteiger partial charge in [0, 0.05) is 23.9 Å². The number of benzene rings is 3. The van der Waals surface area contributed by atoms with Gasteiger partial charge in [-0.3, -0.25) is 15.0 Å². The Kier molecular flexibility index (Phi) is 6.32. The Morgan fingerprint density at radius 3 is 2.21 bits per heavy atom. The Hall–Kier alpha value is -4.00. The first kappa shape index (κ1) is 19.8. The molecule has 0 aliphatic rings. The third-order valence-corrected chi connectivity index (χ3v) is 4.02. The molecule has 0 unspecified atom stereocenters. The monoisotopic (exact) mass is 390 g/mol. The van der Waals surface area contributed by atoms with Gasteiger partial charge >= 0.3 is 0 Å². The van der Waals surface area contributed by atoms with Gasteiger partial charge in [0.2, 0.25) is 5.91 Å². The molecule has 0 saturated carbocycles. The van der Waals surface area contributed by atoms with Gasteiger partial charge in [0.05, 0.1) is 18.5 Å². The van der Waals surface area contributed by atoms with Crippen LogP contribution in [-0.4, -0.2) is 18.9 Å². The van der Waals surface area contributed by atoms with Gasteiger partial charge in [0.1, 0.15) is 5.75 Å². The standard InChI is InChI=1S/C22H22N4O3/c1-15(27)23-18-11-12-21(29-2)20(14-18)26-25-19-10-6-9-17(13-19)24-22(28)16-7-4-3-5-8-16/h3-14,25-26H,1-2H3,(H,23,27)(H,24,28). The Labute approximate surface area is 169 Å². The maximum atomic E-state index is 12.3. The molecule has 0 spiro atoms. The van der Waals surface area contributed by atoms with Crippen LogP contribution in [0.3, 0.4) is 0 Å². The topological polar surface area (TPSA) is 91.5 Å². The van der Waals surface area contributed by atoms with Crippen LogP contribution in [0, 0.1) is 0 Å². The molecule has 2 amide bonds. The first-order valence-electron chi connectivity index (χ1n) is 8.99. The molecule has 0 aromatic heterocycles. The smallest absolute Gasteiger partial charge is 0.255 e. The molecule has 3 aromatic rings. The van der Waals surface area contributed by atoms with Crippen LogP contribution in [-0.2, 0) is 4.79 Å². The summed E-state index contributed by atoms with van der Waals surface area (Å²) in [6.45, 7) is 1.45. The van der Waals surface area contributed by atoms with Crippen LogP contribution in [0.4, 0.5) is 22.7 Å². The Morgan fingerprint density at radius 2 is 1.48 bits per heavy atom. The van der Waals surface area contributed by atoms with Crippen molar-refractivity contribution in [2.45, 2.75) is 6.92 Å². The lowest BCUT2D eigenvalue weighted by molar-refractivity contribution is -0.114. The maximum absolute atomic E-state index is 12.3. The first-order chi connectivity index (χ1) is 14.0. The van der Waals surface area contributed by atoms with E-state index in [1.807, 2.05) is 36.4 Å². The highest BCUT2D eigenvalue weighted by atomic mass is 16.5. The molecule has 148 valence electrons. The highest BCUT2D eigenvalue weighted by molar-refractivity contribution is 6.04. The van der Waals surface area contributed by atoms with Crippen molar-refractivity contribution in [1.82, 2.24) is 0 Å². The molecule has 7 heteroatoms. The van der Waals surface area contributed by atoms with Gasteiger partial charge in [-0.05, 0) is 48.5 Å². The van der Waals surface area contributed by atoms with Gasteiger partial charge in [-0.2, -0.15) is 0 Å². The molecule has 0 heterocycles. The van der Waals surface area contributed by atoms with Crippen LogP contribution >= 0.6 is 0 Å². The molecule has 0 atom stereocenters. The van der Waals surface area contributed by atoms with Crippen LogP contribution in [0.25, 0.3) is 0 Å². The molecule has 0 aliphatic heterocycles. The third kappa shape index (κ3) is 5.49. The number of hydrazine groups is 1. The third-order valence-electron chi connectivity index (χ3n) is 4.02. The summed E-state index contributed by atoms with van der Waals surface area (Å²) in [7, 11) is 1.57. The Bertz CT molecular complexity index is 1010. The summed E-state index contributed by atoms with van der Waals surface area (Å²) in [6.07, 6.45) is 0. The van der Waals surface area contributed by atoms with E-state index >= 15 is 0 Å². The summed E-state index contributed by atoms with van der Waals surface area (Å²) in [5.74, 6) is 0.274. The minimum atomic E-state index is -0.180. The van der Waals surface area contributed by atoms with Crippen molar-refractivity contribution in [2.75, 3.05) is 28.6 Å². The molecule has 4 N–H and O–H groups in total. The Balaban J connectivity index is 1.69. The molecule has 0 bridgehead atoms. The zero-order valence-electron chi connectivity index (χ0n) is 16.2. The molecular weight excluding hydrogens is 368 g/mol. The fourth-order valence-electron chi connectivity index (χ4n) is 2.69. The van der Waals surface area contributed by atoms with Gasteiger partial charge in [-0.25, -0.2) is 0 Å². The summed E-state index contributed by atoms with van der Waals surface area (Å²) in [4.78, 5) is 23.6. The number of ether oxygens (including phenoxy) is 1. The van der Waals surface area contributed by atoms with Crippen molar-refractivity contribution in [1.29, 1.82) is 0 Å². The van der Waals surface area contributed by atoms with E-state index in [1.165, 1.54) is 6.92 Å². The van der Waals surface area contributed by atoms with Gasteiger partial charge in [0.25, 0.3) is 5.91 Å². The van der Waals surface area contributed by atoms with E-state index in [1.54, 1.807) is 43.5 Å². The number of rotatable bonds is 7. The lowest BCUT2D eigenvalue weighted by Gasteiger charge is -2.15. The molecule has 0 radical (unpaired) electrons. The SMILES string of the molecule is COc1ccc(NC(C)=O)cc1NNc1cccc(NC(=O)c2ccccc2)c1. The minimum Gasteiger partial charge on any atom is -0.495 e. The van der Waals surface area contributed by atoms with Crippen molar-refractivity contribution in [2.24, 2.45) is 0 Å². The van der Waals surface area contributed by atoms with Crippen molar-refractivity contribution >= 4 is 34.6 Å². The second-order valence-electron chi connectivity index (χ2n) is 6.25. The lowest BCUT2D eigenvalue weighted by Crippen LogP contribution is -2.13. The predicted molar refractivity (Wildman–Crippen MR) is 115 cm³/mol. The van der Waals surface area contributed by atoms with E-state index in [-0.39, 0.29) is 11.8 Å². The van der Waals surface area contributed by atoms with Crippen LogP contribution < -0.4 is 26.2 Å². The number of methoxy groups -OCH3 is 1. The summed E-state index contributed by atoms with van der Waals surface area (Å²) >= 11 is 0. The van der Waals surface area contributed by atoms with E-state index in [0.29, 0.717) is 28.4 Å². The van der Waals surface area contributed by atoms with Crippen molar-refractivity contribution in [3.05, 3.63) is 78.4 Å². The van der Waals surface area contributed by atoms with Gasteiger partial charge in [-0.15, -0.1) is 0 Å². The quantitative estimate of drug-likeness (QED) is 0.450. The second-order valence-corrected chi connectivity index (χ2v) is 6.25. The van der Waals surface area contributed by atoms with Crippen molar-refractivity contribution < 1.29 is 14.3 Å². The van der Waals surface area contributed by atoms with E-state index in [9.17, 15) is 9.59 Å². The zero-order chi connectivity index (χ0) is 20.6. The number of hydrogen-bond donors (Lipinski definition) is 4. The van der Waals surface area contributed by atoms with E-state index < -0.39 is 0 Å². The van der Waals surface area contributed by atoms with Crippen LogP contribution in [0.2, 0.25) is 0 Å². The summed E-state index contributed by atoms with van der Waals surface area (Å²) in [6, 6.07) is 21.6. The molecule has 7 nitrogen and oxygen atoms in total. The predicted octanol–water partition coefficient (Wildman–Crippen LogP) is 4.34. The molecule has 0 aliphatic carbocycles. The number of hydrogen-bond acceptors (Lipinski definition) is 5. The maximum Gasteiger partial charge on any atom is 0.255 e. The number of carbonyl (C=O) groups excluding carboxylic acids is 2. The largest absolute Gasteiger partial charge is 0.495 e. The van der Waals surface area contributed by atoms with Crippen molar-refractivity contribution in [3.8, 4) is 5.75 Å². The average Bonchev–Trinajstić information content (AvgIpc) is 2.73. The van der Waals surface area contributed by atoms with E-state index in [4.69, 9.17) is 4.74 Å². The molecule has 3 aromatic carbocycles. The summed E-state index contributed by atoms with van der Waals surface area (Å²) < 4.78 is 5.35. The first-order valence-corrected chi connectivity index (χ1v) is 8.99. The van der Waals surface area contributed by atoms with Gasteiger partial charge < -0.3 is 20.8 Å². The van der Waals surface area contributed by atoms with E-state index in [0.717, 1.165) is 5.69 Å². The lowest BCUT2D eigenvalue weighted by atomic mass is 10.2. The Morgan fingerprint density at radius 1 is 0.759 bits per heavy atom. The molecule has 3 rings (SSSR count). The highest BCUT2D eigenvalue weighted by Gasteiger charge is 2.07. The van der Waals surface area contributed by atoms with Crippen molar-refractivity contribution in [3.63, 3.8) is 0 Å². The van der Waals surface area contributed by atoms with Crippen LogP contribution in [0.1, 0.15) is 17.3 Å².